The lowest BCUT2D eigenvalue weighted by atomic mass is 9.49. The van der Waals surface area contributed by atoms with Crippen molar-refractivity contribution < 1.29 is 43.4 Å². The molecule has 0 aromatic heterocycles. The van der Waals surface area contributed by atoms with Crippen LogP contribution in [0.2, 0.25) is 0 Å². The average Bonchev–Trinajstić information content (AvgIpc) is 3.59. The molecular formula is C47H67N7O9. The van der Waals surface area contributed by atoms with Gasteiger partial charge in [0, 0.05) is 45.4 Å². The minimum absolute atomic E-state index is 0.0190. The first kappa shape index (κ1) is 48.4. The highest BCUT2D eigenvalue weighted by Gasteiger charge is 2.57. The molecule has 63 heavy (non-hydrogen) atoms. The smallest absolute Gasteiger partial charge is 0.407 e. The van der Waals surface area contributed by atoms with Crippen LogP contribution in [0.25, 0.3) is 0 Å². The summed E-state index contributed by atoms with van der Waals surface area (Å²) in [7, 11) is 0. The fourth-order valence-corrected chi connectivity index (χ4v) is 9.34. The molecule has 0 unspecified atom stereocenters. The average molecular weight is 874 g/mol. The van der Waals surface area contributed by atoms with Crippen LogP contribution in [0.15, 0.2) is 60.7 Å². The summed E-state index contributed by atoms with van der Waals surface area (Å²) in [5.41, 5.74) is 0.910. The van der Waals surface area contributed by atoms with Gasteiger partial charge in [-0.05, 0) is 100 Å². The van der Waals surface area contributed by atoms with E-state index in [1.165, 1.54) is 0 Å². The van der Waals surface area contributed by atoms with E-state index >= 15 is 0 Å². The predicted octanol–water partition coefficient (Wildman–Crippen LogP) is 4.21. The first-order valence-electron chi connectivity index (χ1n) is 22.3. The van der Waals surface area contributed by atoms with Crippen molar-refractivity contribution >= 4 is 41.7 Å². The highest BCUT2D eigenvalue weighted by atomic mass is 16.6. The molecule has 3 fully saturated rings. The van der Waals surface area contributed by atoms with Crippen LogP contribution < -0.4 is 31.9 Å². The fourth-order valence-electron chi connectivity index (χ4n) is 9.34. The summed E-state index contributed by atoms with van der Waals surface area (Å²) in [4.78, 5) is 94.5. The van der Waals surface area contributed by atoms with E-state index in [4.69, 9.17) is 4.74 Å². The van der Waals surface area contributed by atoms with Crippen LogP contribution in [0.5, 0.6) is 0 Å². The molecule has 0 radical (unpaired) electrons. The number of likely N-dealkylation sites (tertiary alicyclic amines) is 1. The third kappa shape index (κ3) is 14.7. The lowest BCUT2D eigenvalue weighted by Crippen LogP contribution is -2.60. The van der Waals surface area contributed by atoms with E-state index in [2.05, 4.69) is 31.9 Å². The van der Waals surface area contributed by atoms with E-state index in [1.807, 2.05) is 26.0 Å². The number of carbonyl (C=O) groups excluding carboxylic acids is 6. The van der Waals surface area contributed by atoms with E-state index in [1.54, 1.807) is 74.2 Å². The number of piperidine rings is 1. The third-order valence-electron chi connectivity index (χ3n) is 12.2. The van der Waals surface area contributed by atoms with Gasteiger partial charge in [-0.1, -0.05) is 74.5 Å². The third-order valence-corrected chi connectivity index (χ3v) is 12.2. The number of ether oxygens (including phenoxy) is 1. The Kier molecular flexibility index (Phi) is 16.6. The molecule has 2 spiro atoms. The van der Waals surface area contributed by atoms with Crippen molar-refractivity contribution in [2.24, 2.45) is 16.7 Å². The number of benzene rings is 2. The second-order valence-electron chi connectivity index (χ2n) is 19.3. The Morgan fingerprint density at radius 3 is 1.78 bits per heavy atom. The maximum Gasteiger partial charge on any atom is 0.407 e. The van der Waals surface area contributed by atoms with Crippen molar-refractivity contribution in [3.8, 4) is 0 Å². The minimum atomic E-state index is -1.40. The zero-order chi connectivity index (χ0) is 45.8. The monoisotopic (exact) mass is 874 g/mol. The van der Waals surface area contributed by atoms with Gasteiger partial charge in [0.15, 0.2) is 0 Å². The number of carboxylic acid groups (broad SMARTS) is 1. The van der Waals surface area contributed by atoms with E-state index < -0.39 is 59.7 Å². The Labute approximate surface area is 370 Å². The van der Waals surface area contributed by atoms with Crippen molar-refractivity contribution in [1.82, 2.24) is 36.8 Å². The van der Waals surface area contributed by atoms with Gasteiger partial charge in [-0.15, -0.1) is 0 Å². The summed E-state index contributed by atoms with van der Waals surface area (Å²) < 4.78 is 5.34. The van der Waals surface area contributed by atoms with Crippen LogP contribution >= 0.6 is 0 Å². The van der Waals surface area contributed by atoms with Gasteiger partial charge in [-0.3, -0.25) is 24.0 Å². The molecular weight excluding hydrogens is 807 g/mol. The number of carbonyl (C=O) groups is 7. The highest BCUT2D eigenvalue weighted by Crippen LogP contribution is 2.62. The van der Waals surface area contributed by atoms with Gasteiger partial charge in [-0.25, -0.2) is 9.59 Å². The SMILES string of the molecule is CC(C)C[C@@H](NC(=O)[C@@H](Cc1ccccc1)NC(=O)[C@@H](Cc1ccccc1)NC(=O)O)C(=O)N[C@H](CCCCNC(=O)OC(C)(C)C)C(=O)N1CCC2(CC1)CC1(CNC(=O)C1)C2. The van der Waals surface area contributed by atoms with Gasteiger partial charge in [-0.2, -0.15) is 0 Å². The summed E-state index contributed by atoms with van der Waals surface area (Å²) in [6.45, 7) is 11.2. The molecule has 2 aliphatic heterocycles. The zero-order valence-corrected chi connectivity index (χ0v) is 37.4. The molecule has 5 rings (SSSR count). The molecule has 3 aliphatic rings. The lowest BCUT2D eigenvalue weighted by molar-refractivity contribution is -0.143. The van der Waals surface area contributed by atoms with Crippen LogP contribution in [-0.2, 0) is 41.6 Å². The molecule has 2 heterocycles. The second kappa shape index (κ2) is 21.6. The molecule has 7 N–H and O–H groups in total. The van der Waals surface area contributed by atoms with E-state index in [-0.39, 0.29) is 54.2 Å². The molecule has 1 aliphatic carbocycles. The predicted molar refractivity (Wildman–Crippen MR) is 236 cm³/mol. The highest BCUT2D eigenvalue weighted by molar-refractivity contribution is 5.95. The van der Waals surface area contributed by atoms with Crippen LogP contribution in [0, 0.1) is 16.7 Å². The quantitative estimate of drug-likeness (QED) is 0.100. The van der Waals surface area contributed by atoms with Crippen molar-refractivity contribution in [3.63, 3.8) is 0 Å². The number of nitrogens with one attached hydrogen (secondary N) is 6. The van der Waals surface area contributed by atoms with E-state index in [9.17, 15) is 38.7 Å². The van der Waals surface area contributed by atoms with E-state index in [0.717, 1.165) is 31.2 Å². The Hall–Kier alpha value is -5.67. The lowest BCUT2D eigenvalue weighted by Gasteiger charge is -2.57. The first-order valence-corrected chi connectivity index (χ1v) is 22.3. The zero-order valence-electron chi connectivity index (χ0n) is 37.4. The normalized spacial score (nSPS) is 18.3. The van der Waals surface area contributed by atoms with Crippen molar-refractivity contribution in [2.45, 2.75) is 135 Å². The maximum atomic E-state index is 14.3. The number of nitrogens with zero attached hydrogens (tertiary/aromatic N) is 1. The van der Waals surface area contributed by atoms with Gasteiger partial charge in [0.05, 0.1) is 0 Å². The van der Waals surface area contributed by atoms with Gasteiger partial charge < -0.3 is 46.6 Å². The van der Waals surface area contributed by atoms with E-state index in [0.29, 0.717) is 51.0 Å². The number of hydrogen-bond donors (Lipinski definition) is 7. The molecule has 1 saturated carbocycles. The van der Waals surface area contributed by atoms with Crippen molar-refractivity contribution in [1.29, 1.82) is 0 Å². The largest absolute Gasteiger partial charge is 0.465 e. The number of rotatable bonds is 19. The fraction of sp³-hybridized carbons (Fsp3) is 0.596. The molecule has 2 saturated heterocycles. The maximum absolute atomic E-state index is 14.3. The van der Waals surface area contributed by atoms with Crippen molar-refractivity contribution in [3.05, 3.63) is 71.8 Å². The Morgan fingerprint density at radius 2 is 1.27 bits per heavy atom. The van der Waals surface area contributed by atoms with Crippen LogP contribution in [0.3, 0.4) is 0 Å². The molecule has 16 heteroatoms. The summed E-state index contributed by atoms with van der Waals surface area (Å²) in [5.74, 6) is -2.07. The molecule has 4 atom stereocenters. The van der Waals surface area contributed by atoms with Crippen LogP contribution in [-0.4, -0.2) is 108 Å². The summed E-state index contributed by atoms with van der Waals surface area (Å²) in [6.07, 6.45) is 3.78. The molecule has 2 aromatic rings. The van der Waals surface area contributed by atoms with Gasteiger partial charge in [0.25, 0.3) is 0 Å². The number of amides is 7. The molecule has 7 amide bonds. The standard InChI is InChI=1S/C47H67N7O9/c1-31(2)24-35(51-40(57)36(25-32-14-8-6-9-15-32)52-41(58)37(53-43(60)61)26-33-16-10-7-11-17-33)39(56)50-34(18-12-13-21-48-44(62)63-45(3,4)5)42(59)54-22-19-46(20-23-54)28-47(29-46)27-38(55)49-30-47/h6-11,14-17,31,34-37,53H,12-13,18-30H2,1-5H3,(H,48,62)(H,49,55)(H,50,56)(H,51,57)(H,52,58)(H,60,61)/t34-,35-,36-,37-/m1/s1. The number of unbranched alkanes of at least 4 members (excludes halogenated alkanes) is 1. The number of alkyl carbamates (subject to hydrolysis) is 1. The summed E-state index contributed by atoms with van der Waals surface area (Å²) in [6, 6.07) is 13.6. The van der Waals surface area contributed by atoms with Crippen LogP contribution in [0.4, 0.5) is 9.59 Å². The topological polar surface area (TPSA) is 224 Å². The Balaban J connectivity index is 1.29. The Morgan fingerprint density at radius 1 is 0.746 bits per heavy atom. The summed E-state index contributed by atoms with van der Waals surface area (Å²) in [5, 5.41) is 26.2. The van der Waals surface area contributed by atoms with Gasteiger partial charge in [0.1, 0.15) is 29.8 Å². The minimum Gasteiger partial charge on any atom is -0.465 e. The van der Waals surface area contributed by atoms with Crippen LogP contribution in [0.1, 0.15) is 104 Å². The molecule has 0 bridgehead atoms. The Bertz CT molecular complexity index is 1900. The van der Waals surface area contributed by atoms with Gasteiger partial charge >= 0.3 is 12.2 Å². The second-order valence-corrected chi connectivity index (χ2v) is 19.3. The molecule has 16 nitrogen and oxygen atoms in total. The van der Waals surface area contributed by atoms with Crippen molar-refractivity contribution in [2.75, 3.05) is 26.2 Å². The molecule has 2 aromatic carbocycles. The van der Waals surface area contributed by atoms with Gasteiger partial charge in [0.2, 0.25) is 29.5 Å². The molecule has 344 valence electrons. The number of hydrogen-bond acceptors (Lipinski definition) is 8. The summed E-state index contributed by atoms with van der Waals surface area (Å²) >= 11 is 0. The first-order chi connectivity index (χ1) is 29.8.